The van der Waals surface area contributed by atoms with Gasteiger partial charge in [-0.3, -0.25) is 0 Å². The van der Waals surface area contributed by atoms with Gasteiger partial charge in [0.25, 0.3) is 0 Å². The molecule has 102 valence electrons. The molecule has 0 spiro atoms. The summed E-state index contributed by atoms with van der Waals surface area (Å²) in [5.41, 5.74) is -0.759. The Morgan fingerprint density at radius 1 is 1.22 bits per heavy atom. The van der Waals surface area contributed by atoms with E-state index in [1.807, 2.05) is 13.8 Å². The van der Waals surface area contributed by atoms with E-state index in [2.05, 4.69) is 0 Å². The van der Waals surface area contributed by atoms with Gasteiger partial charge in [0, 0.05) is 5.38 Å². The van der Waals surface area contributed by atoms with Crippen molar-refractivity contribution in [3.8, 4) is 0 Å². The maximum absolute atomic E-state index is 13.0. The second-order valence-corrected chi connectivity index (χ2v) is 5.17. The SMILES string of the molecule is CC(C)C(Cl)CCc1ccc(F)c(C(F)(F)F)c1. The summed E-state index contributed by atoms with van der Waals surface area (Å²) in [5.74, 6) is -0.980. The van der Waals surface area contributed by atoms with Crippen molar-refractivity contribution < 1.29 is 17.6 Å². The van der Waals surface area contributed by atoms with Crippen molar-refractivity contribution in [2.75, 3.05) is 0 Å². The number of benzene rings is 1. The molecule has 0 aromatic heterocycles. The van der Waals surface area contributed by atoms with Crippen LogP contribution in [0.2, 0.25) is 0 Å². The van der Waals surface area contributed by atoms with Crippen molar-refractivity contribution in [2.24, 2.45) is 5.92 Å². The lowest BCUT2D eigenvalue weighted by Crippen LogP contribution is -2.11. The Kier molecular flexibility index (Phi) is 5.02. The smallest absolute Gasteiger partial charge is 0.206 e. The molecule has 0 N–H and O–H groups in total. The molecule has 1 aromatic carbocycles. The van der Waals surface area contributed by atoms with Crippen molar-refractivity contribution >= 4 is 11.6 Å². The van der Waals surface area contributed by atoms with Gasteiger partial charge in [0.15, 0.2) is 0 Å². The van der Waals surface area contributed by atoms with Gasteiger partial charge in [-0.25, -0.2) is 4.39 Å². The summed E-state index contributed by atoms with van der Waals surface area (Å²) in [6.45, 7) is 3.90. The number of rotatable bonds is 4. The Hall–Kier alpha value is -0.770. The predicted molar refractivity (Wildman–Crippen MR) is 64.2 cm³/mol. The Balaban J connectivity index is 2.80. The number of hydrogen-bond acceptors (Lipinski definition) is 0. The zero-order valence-corrected chi connectivity index (χ0v) is 10.9. The first-order valence-electron chi connectivity index (χ1n) is 5.71. The van der Waals surface area contributed by atoms with Crippen molar-refractivity contribution in [1.29, 1.82) is 0 Å². The molecule has 0 aliphatic heterocycles. The minimum Gasteiger partial charge on any atom is -0.206 e. The van der Waals surface area contributed by atoms with Crippen LogP contribution in [0.5, 0.6) is 0 Å². The summed E-state index contributed by atoms with van der Waals surface area (Å²) in [6.07, 6.45) is -3.67. The zero-order chi connectivity index (χ0) is 13.9. The molecule has 1 rings (SSSR count). The molecule has 0 fully saturated rings. The van der Waals surface area contributed by atoms with E-state index in [0.29, 0.717) is 18.4 Å². The molecule has 0 nitrogen and oxygen atoms in total. The molecule has 18 heavy (non-hydrogen) atoms. The van der Waals surface area contributed by atoms with E-state index < -0.39 is 17.6 Å². The standard InChI is InChI=1S/C13H15ClF4/c1-8(2)11(14)5-3-9-4-6-12(15)10(7-9)13(16,17)18/h4,6-8,11H,3,5H2,1-2H3. The summed E-state index contributed by atoms with van der Waals surface area (Å²) >= 11 is 6.03. The van der Waals surface area contributed by atoms with E-state index >= 15 is 0 Å². The molecule has 0 bridgehead atoms. The number of alkyl halides is 4. The third kappa shape index (κ3) is 4.16. The molecule has 0 radical (unpaired) electrons. The van der Waals surface area contributed by atoms with Crippen LogP contribution in [0.3, 0.4) is 0 Å². The molecule has 0 amide bonds. The Labute approximate surface area is 109 Å². The van der Waals surface area contributed by atoms with Crippen LogP contribution in [0.1, 0.15) is 31.4 Å². The van der Waals surface area contributed by atoms with E-state index in [1.54, 1.807) is 0 Å². The Bertz CT molecular complexity index is 398. The normalized spacial score (nSPS) is 14.0. The lowest BCUT2D eigenvalue weighted by molar-refractivity contribution is -0.140. The third-order valence-electron chi connectivity index (χ3n) is 2.77. The van der Waals surface area contributed by atoms with Gasteiger partial charge in [-0.15, -0.1) is 11.6 Å². The lowest BCUT2D eigenvalue weighted by atomic mass is 10.0. The highest BCUT2D eigenvalue weighted by Crippen LogP contribution is 2.32. The maximum atomic E-state index is 13.0. The molecule has 0 heterocycles. The summed E-state index contributed by atoms with van der Waals surface area (Å²) in [6, 6.07) is 3.09. The molecular formula is C13H15ClF4. The predicted octanol–water partition coefficient (Wildman–Crippen LogP) is 5.04. The highest BCUT2D eigenvalue weighted by atomic mass is 35.5. The van der Waals surface area contributed by atoms with Gasteiger partial charge in [-0.1, -0.05) is 19.9 Å². The first-order chi connectivity index (χ1) is 8.21. The first kappa shape index (κ1) is 15.3. The minimum atomic E-state index is -4.65. The van der Waals surface area contributed by atoms with Crippen molar-refractivity contribution in [1.82, 2.24) is 0 Å². The number of aryl methyl sites for hydroxylation is 1. The van der Waals surface area contributed by atoms with Crippen LogP contribution in [0.25, 0.3) is 0 Å². The van der Waals surface area contributed by atoms with Gasteiger partial charge in [0.05, 0.1) is 5.56 Å². The van der Waals surface area contributed by atoms with Gasteiger partial charge < -0.3 is 0 Å². The van der Waals surface area contributed by atoms with E-state index in [4.69, 9.17) is 11.6 Å². The van der Waals surface area contributed by atoms with Gasteiger partial charge >= 0.3 is 6.18 Å². The molecule has 0 saturated carbocycles. The molecule has 0 aliphatic carbocycles. The second-order valence-electron chi connectivity index (χ2n) is 4.61. The number of hydrogen-bond donors (Lipinski definition) is 0. The molecule has 5 heteroatoms. The monoisotopic (exact) mass is 282 g/mol. The minimum absolute atomic E-state index is 0.0932. The van der Waals surface area contributed by atoms with Crippen LogP contribution in [-0.2, 0) is 12.6 Å². The maximum Gasteiger partial charge on any atom is 0.419 e. The fourth-order valence-corrected chi connectivity index (χ4v) is 1.69. The highest BCUT2D eigenvalue weighted by Gasteiger charge is 2.34. The van der Waals surface area contributed by atoms with Crippen molar-refractivity contribution in [2.45, 2.75) is 38.2 Å². The summed E-state index contributed by atoms with van der Waals surface area (Å²) < 4.78 is 50.5. The van der Waals surface area contributed by atoms with Crippen LogP contribution in [0, 0.1) is 11.7 Å². The largest absolute Gasteiger partial charge is 0.419 e. The zero-order valence-electron chi connectivity index (χ0n) is 10.2. The van der Waals surface area contributed by atoms with Crippen molar-refractivity contribution in [3.63, 3.8) is 0 Å². The summed E-state index contributed by atoms with van der Waals surface area (Å²) in [7, 11) is 0. The van der Waals surface area contributed by atoms with Crippen LogP contribution in [0.15, 0.2) is 18.2 Å². The van der Waals surface area contributed by atoms with E-state index in [0.717, 1.165) is 12.1 Å². The molecule has 1 aromatic rings. The molecule has 1 atom stereocenters. The van der Waals surface area contributed by atoms with E-state index in [9.17, 15) is 17.6 Å². The Morgan fingerprint density at radius 3 is 2.33 bits per heavy atom. The summed E-state index contributed by atoms with van der Waals surface area (Å²) in [4.78, 5) is 0. The molecule has 1 unspecified atom stereocenters. The number of halogens is 5. The quantitative estimate of drug-likeness (QED) is 0.536. The second kappa shape index (κ2) is 5.91. The average molecular weight is 283 g/mol. The fourth-order valence-electron chi connectivity index (χ4n) is 1.58. The van der Waals surface area contributed by atoms with Crippen LogP contribution in [0.4, 0.5) is 17.6 Å². The molecular weight excluding hydrogens is 268 g/mol. The molecule has 0 aliphatic rings. The van der Waals surface area contributed by atoms with Crippen LogP contribution < -0.4 is 0 Å². The van der Waals surface area contributed by atoms with E-state index in [-0.39, 0.29) is 11.3 Å². The summed E-state index contributed by atoms with van der Waals surface area (Å²) in [5, 5.41) is -0.0932. The van der Waals surface area contributed by atoms with Crippen LogP contribution >= 0.6 is 11.6 Å². The topological polar surface area (TPSA) is 0 Å². The molecule has 0 saturated heterocycles. The van der Waals surface area contributed by atoms with Gasteiger partial charge in [-0.05, 0) is 36.5 Å². The van der Waals surface area contributed by atoms with Crippen LogP contribution in [-0.4, -0.2) is 5.38 Å². The first-order valence-corrected chi connectivity index (χ1v) is 6.15. The van der Waals surface area contributed by atoms with Gasteiger partial charge in [0.2, 0.25) is 0 Å². The average Bonchev–Trinajstić information content (AvgIpc) is 2.25. The highest BCUT2D eigenvalue weighted by molar-refractivity contribution is 6.20. The Morgan fingerprint density at radius 2 is 1.83 bits per heavy atom. The lowest BCUT2D eigenvalue weighted by Gasteiger charge is -2.14. The van der Waals surface area contributed by atoms with E-state index in [1.165, 1.54) is 6.07 Å². The third-order valence-corrected chi connectivity index (χ3v) is 3.49. The van der Waals surface area contributed by atoms with Gasteiger partial charge in [-0.2, -0.15) is 13.2 Å². The van der Waals surface area contributed by atoms with Gasteiger partial charge in [0.1, 0.15) is 5.82 Å². The van der Waals surface area contributed by atoms with Crippen molar-refractivity contribution in [3.05, 3.63) is 35.1 Å². The fraction of sp³-hybridized carbons (Fsp3) is 0.538.